The van der Waals surface area contributed by atoms with Crippen LogP contribution in [0.3, 0.4) is 0 Å². The fourth-order valence-electron chi connectivity index (χ4n) is 2.12. The van der Waals surface area contributed by atoms with Crippen LogP contribution in [0.5, 0.6) is 0 Å². The number of benzene rings is 1. The van der Waals surface area contributed by atoms with Crippen LogP contribution < -0.4 is 0 Å². The molecule has 0 aliphatic rings. The van der Waals surface area contributed by atoms with Crippen molar-refractivity contribution in [2.24, 2.45) is 0 Å². The summed E-state index contributed by atoms with van der Waals surface area (Å²) in [4.78, 5) is 24.8. The minimum absolute atomic E-state index is 0.0456. The van der Waals surface area contributed by atoms with Gasteiger partial charge in [-0.1, -0.05) is 35.0 Å². The van der Waals surface area contributed by atoms with Crippen LogP contribution in [0.15, 0.2) is 28.7 Å². The number of carbonyl (C=O) groups excluding carboxylic acids is 1. The van der Waals surface area contributed by atoms with Gasteiger partial charge in [0.25, 0.3) is 0 Å². The second-order valence-corrected chi connectivity index (χ2v) is 7.12. The lowest BCUT2D eigenvalue weighted by Gasteiger charge is -2.35. The van der Waals surface area contributed by atoms with E-state index in [4.69, 9.17) is 5.11 Å². The number of hydrogen-bond donors (Lipinski definition) is 1. The highest BCUT2D eigenvalue weighted by molar-refractivity contribution is 9.10. The Morgan fingerprint density at radius 2 is 1.76 bits per heavy atom. The average molecular weight is 356 g/mol. The van der Waals surface area contributed by atoms with E-state index in [0.717, 1.165) is 10.0 Å². The van der Waals surface area contributed by atoms with Crippen LogP contribution in [0, 0.1) is 0 Å². The first kappa shape index (κ1) is 17.7. The Morgan fingerprint density at radius 3 is 2.19 bits per heavy atom. The molecule has 1 aromatic rings. The average Bonchev–Trinajstić information content (AvgIpc) is 2.35. The Kier molecular flexibility index (Phi) is 5.96. The maximum Gasteiger partial charge on any atom is 0.323 e. The molecular weight excluding hydrogens is 334 g/mol. The van der Waals surface area contributed by atoms with E-state index in [1.54, 1.807) is 0 Å². The SMILES string of the molecule is CC(CC(=O)N(CC(=O)O)C(C)(C)C)c1ccc(Br)cc1. The number of halogens is 1. The summed E-state index contributed by atoms with van der Waals surface area (Å²) in [5.74, 6) is -1.08. The number of carboxylic acid groups (broad SMARTS) is 1. The fraction of sp³-hybridized carbons (Fsp3) is 0.500. The molecule has 0 aromatic heterocycles. The molecule has 0 saturated carbocycles. The van der Waals surface area contributed by atoms with E-state index >= 15 is 0 Å². The molecular formula is C16H22BrNO3. The monoisotopic (exact) mass is 355 g/mol. The normalized spacial score (nSPS) is 12.8. The molecule has 0 aliphatic heterocycles. The molecule has 1 rings (SSSR count). The Hall–Kier alpha value is -1.36. The van der Waals surface area contributed by atoms with Gasteiger partial charge in [0.2, 0.25) is 5.91 Å². The summed E-state index contributed by atoms with van der Waals surface area (Å²) in [6, 6.07) is 7.82. The van der Waals surface area contributed by atoms with E-state index in [1.807, 2.05) is 52.0 Å². The lowest BCUT2D eigenvalue weighted by Crippen LogP contribution is -2.48. The van der Waals surface area contributed by atoms with Crippen LogP contribution in [0.2, 0.25) is 0 Å². The van der Waals surface area contributed by atoms with Gasteiger partial charge in [0.1, 0.15) is 6.54 Å². The molecule has 1 N–H and O–H groups in total. The third kappa shape index (κ3) is 5.50. The van der Waals surface area contributed by atoms with Crippen LogP contribution in [0.1, 0.15) is 45.6 Å². The van der Waals surface area contributed by atoms with Gasteiger partial charge in [0.05, 0.1) is 0 Å². The van der Waals surface area contributed by atoms with Crippen molar-refractivity contribution in [1.29, 1.82) is 0 Å². The van der Waals surface area contributed by atoms with Crippen LogP contribution in [-0.4, -0.2) is 34.0 Å². The van der Waals surface area contributed by atoms with Gasteiger partial charge >= 0.3 is 5.97 Å². The van der Waals surface area contributed by atoms with Gasteiger partial charge in [-0.15, -0.1) is 0 Å². The van der Waals surface area contributed by atoms with E-state index in [9.17, 15) is 9.59 Å². The van der Waals surface area contributed by atoms with Gasteiger partial charge in [0, 0.05) is 16.4 Å². The standard InChI is InChI=1S/C16H22BrNO3/c1-11(12-5-7-13(17)8-6-12)9-14(19)18(10-15(20)21)16(2,3)4/h5-8,11H,9-10H2,1-4H3,(H,20,21). The summed E-state index contributed by atoms with van der Waals surface area (Å²) in [7, 11) is 0. The van der Waals surface area contributed by atoms with Crippen molar-refractivity contribution < 1.29 is 14.7 Å². The van der Waals surface area contributed by atoms with E-state index < -0.39 is 11.5 Å². The Morgan fingerprint density at radius 1 is 1.24 bits per heavy atom. The van der Waals surface area contributed by atoms with E-state index in [-0.39, 0.29) is 18.4 Å². The smallest absolute Gasteiger partial charge is 0.323 e. The first-order valence-corrected chi connectivity index (χ1v) is 7.68. The molecule has 1 atom stereocenters. The quantitative estimate of drug-likeness (QED) is 0.876. The number of carboxylic acids is 1. The molecule has 0 bridgehead atoms. The fourth-order valence-corrected chi connectivity index (χ4v) is 2.38. The number of amides is 1. The zero-order valence-corrected chi connectivity index (χ0v) is 14.5. The van der Waals surface area contributed by atoms with Crippen molar-refractivity contribution in [2.75, 3.05) is 6.54 Å². The zero-order valence-electron chi connectivity index (χ0n) is 12.9. The van der Waals surface area contributed by atoms with Crippen LogP contribution >= 0.6 is 15.9 Å². The van der Waals surface area contributed by atoms with Gasteiger partial charge in [-0.05, 0) is 44.4 Å². The summed E-state index contributed by atoms with van der Waals surface area (Å²) in [5, 5.41) is 8.98. The highest BCUT2D eigenvalue weighted by atomic mass is 79.9. The summed E-state index contributed by atoms with van der Waals surface area (Å²) < 4.78 is 0.993. The Bertz CT molecular complexity index is 505. The van der Waals surface area contributed by atoms with Gasteiger partial charge in [0.15, 0.2) is 0 Å². The molecule has 1 unspecified atom stereocenters. The predicted octanol–water partition coefficient (Wildman–Crippen LogP) is 3.65. The Labute approximate surface area is 134 Å². The topological polar surface area (TPSA) is 57.6 Å². The number of hydrogen-bond acceptors (Lipinski definition) is 2. The molecule has 0 fully saturated rings. The number of nitrogens with zero attached hydrogens (tertiary/aromatic N) is 1. The molecule has 0 radical (unpaired) electrons. The minimum Gasteiger partial charge on any atom is -0.480 e. The number of aliphatic carboxylic acids is 1. The largest absolute Gasteiger partial charge is 0.480 e. The molecule has 0 saturated heterocycles. The van der Waals surface area contributed by atoms with Crippen molar-refractivity contribution >= 4 is 27.8 Å². The summed E-state index contributed by atoms with van der Waals surface area (Å²) in [6.07, 6.45) is 0.298. The molecule has 116 valence electrons. The minimum atomic E-state index is -0.991. The summed E-state index contributed by atoms with van der Waals surface area (Å²) in [5.41, 5.74) is 0.560. The van der Waals surface area contributed by atoms with Crippen molar-refractivity contribution in [3.8, 4) is 0 Å². The zero-order chi connectivity index (χ0) is 16.2. The third-order valence-corrected chi connectivity index (χ3v) is 3.85. The highest BCUT2D eigenvalue weighted by Gasteiger charge is 2.29. The van der Waals surface area contributed by atoms with Gasteiger partial charge in [-0.25, -0.2) is 0 Å². The number of rotatable bonds is 5. The predicted molar refractivity (Wildman–Crippen MR) is 86.3 cm³/mol. The van der Waals surface area contributed by atoms with Crippen molar-refractivity contribution in [3.63, 3.8) is 0 Å². The second kappa shape index (κ2) is 7.07. The third-order valence-electron chi connectivity index (χ3n) is 3.32. The lowest BCUT2D eigenvalue weighted by molar-refractivity contribution is -0.148. The Balaban J connectivity index is 2.81. The van der Waals surface area contributed by atoms with Gasteiger partial charge in [-0.3, -0.25) is 9.59 Å². The molecule has 1 amide bonds. The molecule has 0 aliphatic carbocycles. The molecule has 0 heterocycles. The highest BCUT2D eigenvalue weighted by Crippen LogP contribution is 2.24. The van der Waals surface area contributed by atoms with E-state index in [1.165, 1.54) is 4.90 Å². The van der Waals surface area contributed by atoms with Crippen LogP contribution in [-0.2, 0) is 9.59 Å². The molecule has 5 heteroatoms. The first-order chi connectivity index (χ1) is 9.61. The second-order valence-electron chi connectivity index (χ2n) is 6.20. The lowest BCUT2D eigenvalue weighted by atomic mass is 9.96. The van der Waals surface area contributed by atoms with Crippen LogP contribution in [0.4, 0.5) is 0 Å². The van der Waals surface area contributed by atoms with E-state index in [2.05, 4.69) is 15.9 Å². The first-order valence-electron chi connectivity index (χ1n) is 6.89. The molecule has 1 aromatic carbocycles. The van der Waals surface area contributed by atoms with E-state index in [0.29, 0.717) is 6.42 Å². The molecule has 0 spiro atoms. The van der Waals surface area contributed by atoms with Crippen molar-refractivity contribution in [2.45, 2.75) is 45.6 Å². The summed E-state index contributed by atoms with van der Waals surface area (Å²) >= 11 is 3.38. The van der Waals surface area contributed by atoms with Gasteiger partial charge < -0.3 is 10.0 Å². The van der Waals surface area contributed by atoms with Crippen molar-refractivity contribution in [1.82, 2.24) is 4.90 Å². The molecule has 21 heavy (non-hydrogen) atoms. The maximum absolute atomic E-state index is 12.4. The van der Waals surface area contributed by atoms with Crippen LogP contribution in [0.25, 0.3) is 0 Å². The maximum atomic E-state index is 12.4. The number of carbonyl (C=O) groups is 2. The van der Waals surface area contributed by atoms with Gasteiger partial charge in [-0.2, -0.15) is 0 Å². The molecule has 4 nitrogen and oxygen atoms in total. The summed E-state index contributed by atoms with van der Waals surface area (Å²) in [6.45, 7) is 7.24. The van der Waals surface area contributed by atoms with Crippen molar-refractivity contribution in [3.05, 3.63) is 34.3 Å².